The highest BCUT2D eigenvalue weighted by atomic mass is 16.7. The molecule has 66 valence electrons. The van der Waals surface area contributed by atoms with Crippen molar-refractivity contribution in [1.82, 2.24) is 5.32 Å². The van der Waals surface area contributed by atoms with E-state index >= 15 is 0 Å². The lowest BCUT2D eigenvalue weighted by Crippen LogP contribution is -2.21. The van der Waals surface area contributed by atoms with Crippen molar-refractivity contribution >= 4 is 6.09 Å². The summed E-state index contributed by atoms with van der Waals surface area (Å²) in [4.78, 5) is 10.1. The van der Waals surface area contributed by atoms with Crippen molar-refractivity contribution in [3.63, 3.8) is 0 Å². The number of carbonyl (C=O) groups is 1. The van der Waals surface area contributed by atoms with Crippen LogP contribution in [0.25, 0.3) is 0 Å². The molecule has 0 fully saturated rings. The third-order valence-corrected chi connectivity index (χ3v) is 0.919. The summed E-state index contributed by atoms with van der Waals surface area (Å²) in [6.07, 6.45) is -1.35. The van der Waals surface area contributed by atoms with Crippen LogP contribution in [0.2, 0.25) is 0 Å². The van der Waals surface area contributed by atoms with Gasteiger partial charge in [-0.1, -0.05) is 0 Å². The number of amides is 1. The van der Waals surface area contributed by atoms with Crippen molar-refractivity contribution in [1.29, 1.82) is 5.26 Å². The van der Waals surface area contributed by atoms with Crippen LogP contribution in [0.3, 0.4) is 0 Å². The minimum Gasteiger partial charge on any atom is -0.467 e. The first-order valence-corrected chi connectivity index (χ1v) is 2.88. The summed E-state index contributed by atoms with van der Waals surface area (Å²) in [6.45, 7) is 0. The molecule has 0 aliphatic rings. The maximum absolute atomic E-state index is 10.1. The minimum absolute atomic E-state index is 0.167. The summed E-state index contributed by atoms with van der Waals surface area (Å²) in [5, 5.41) is 18.5. The Morgan fingerprint density at radius 3 is 2.25 bits per heavy atom. The number of methoxy groups -OCH3 is 2. The van der Waals surface area contributed by atoms with Crippen molar-refractivity contribution < 1.29 is 19.4 Å². The van der Waals surface area contributed by atoms with E-state index in [1.54, 1.807) is 6.07 Å². The lowest BCUT2D eigenvalue weighted by Gasteiger charge is -2.05. The lowest BCUT2D eigenvalue weighted by molar-refractivity contribution is 0.0899. The van der Waals surface area contributed by atoms with Gasteiger partial charge < -0.3 is 14.6 Å². The number of carboxylic acid groups (broad SMARTS) is 1. The van der Waals surface area contributed by atoms with Gasteiger partial charge in [0.2, 0.25) is 5.70 Å². The molecule has 6 heteroatoms. The minimum atomic E-state index is -1.35. The molecule has 0 saturated heterocycles. The Bertz CT molecular complexity index is 234. The Hall–Kier alpha value is -1.90. The van der Waals surface area contributed by atoms with Crippen LogP contribution >= 0.6 is 0 Å². The van der Waals surface area contributed by atoms with Crippen LogP contribution in [0.4, 0.5) is 4.79 Å². The van der Waals surface area contributed by atoms with Gasteiger partial charge in [0.15, 0.2) is 0 Å². The summed E-state index contributed by atoms with van der Waals surface area (Å²) in [7, 11) is 2.53. The van der Waals surface area contributed by atoms with E-state index in [0.717, 1.165) is 0 Å². The van der Waals surface area contributed by atoms with E-state index in [0.29, 0.717) is 0 Å². The van der Waals surface area contributed by atoms with Crippen molar-refractivity contribution in [2.45, 2.75) is 0 Å². The number of hydrogen-bond donors (Lipinski definition) is 2. The maximum Gasteiger partial charge on any atom is 0.409 e. The van der Waals surface area contributed by atoms with Crippen LogP contribution in [-0.4, -0.2) is 25.4 Å². The number of nitrogens with one attached hydrogen (secondary N) is 1. The van der Waals surface area contributed by atoms with Crippen molar-refractivity contribution in [2.75, 3.05) is 14.2 Å². The Kier molecular flexibility index (Phi) is 4.08. The molecule has 0 aromatic rings. The fourth-order valence-corrected chi connectivity index (χ4v) is 0.519. The highest BCUT2D eigenvalue weighted by Gasteiger charge is 2.09. The Labute approximate surface area is 69.0 Å². The normalized spacial score (nSPS) is 7.75. The van der Waals surface area contributed by atoms with Gasteiger partial charge in [0, 0.05) is 0 Å². The summed E-state index contributed by atoms with van der Waals surface area (Å²) in [5.74, 6) is -0.167. The average molecular weight is 172 g/mol. The van der Waals surface area contributed by atoms with E-state index in [-0.39, 0.29) is 11.6 Å². The van der Waals surface area contributed by atoms with Gasteiger partial charge in [0.1, 0.15) is 6.07 Å². The predicted molar refractivity (Wildman–Crippen MR) is 37.8 cm³/mol. The smallest absolute Gasteiger partial charge is 0.409 e. The van der Waals surface area contributed by atoms with Gasteiger partial charge in [-0.2, -0.15) is 5.26 Å². The lowest BCUT2D eigenvalue weighted by atomic mass is 10.5. The molecule has 1 amide bonds. The highest BCUT2D eigenvalue weighted by molar-refractivity contribution is 5.68. The second kappa shape index (κ2) is 4.85. The largest absolute Gasteiger partial charge is 0.467 e. The summed E-state index contributed by atoms with van der Waals surface area (Å²) in [6, 6.07) is 1.57. The monoisotopic (exact) mass is 172 g/mol. The summed E-state index contributed by atoms with van der Waals surface area (Å²) >= 11 is 0. The van der Waals surface area contributed by atoms with E-state index in [1.807, 2.05) is 5.32 Å². The van der Waals surface area contributed by atoms with E-state index in [2.05, 4.69) is 9.47 Å². The topological polar surface area (TPSA) is 91.6 Å². The molecule has 0 aromatic carbocycles. The van der Waals surface area contributed by atoms with Gasteiger partial charge >= 0.3 is 12.0 Å². The Balaban J connectivity index is 4.61. The zero-order chi connectivity index (χ0) is 9.56. The van der Waals surface area contributed by atoms with Gasteiger partial charge in [-0.15, -0.1) is 0 Å². The van der Waals surface area contributed by atoms with Gasteiger partial charge in [0.05, 0.1) is 14.2 Å². The molecule has 0 aliphatic heterocycles. The Morgan fingerprint density at radius 2 is 2.00 bits per heavy atom. The third kappa shape index (κ3) is 2.79. The molecule has 6 nitrogen and oxygen atoms in total. The molecule has 0 aromatic heterocycles. The molecular weight excluding hydrogens is 164 g/mol. The standard InChI is InChI=1S/C6H8N2O4/c1-11-5(12-2)4(3-7)8-6(9)10/h8H,1-2H3,(H,9,10). The maximum atomic E-state index is 10.1. The van der Waals surface area contributed by atoms with E-state index in [4.69, 9.17) is 10.4 Å². The molecular formula is C6H8N2O4. The van der Waals surface area contributed by atoms with Gasteiger partial charge in [-0.25, -0.2) is 4.79 Å². The van der Waals surface area contributed by atoms with Crippen molar-refractivity contribution in [2.24, 2.45) is 0 Å². The van der Waals surface area contributed by atoms with E-state index in [9.17, 15) is 4.79 Å². The predicted octanol–water partition coefficient (Wildman–Crippen LogP) is 0.239. The fraction of sp³-hybridized carbons (Fsp3) is 0.333. The van der Waals surface area contributed by atoms with Gasteiger partial charge in [-0.05, 0) is 0 Å². The molecule has 12 heavy (non-hydrogen) atoms. The van der Waals surface area contributed by atoms with Crippen LogP contribution in [0, 0.1) is 11.3 Å². The molecule has 0 rings (SSSR count). The van der Waals surface area contributed by atoms with E-state index in [1.165, 1.54) is 14.2 Å². The van der Waals surface area contributed by atoms with Crippen LogP contribution in [0.15, 0.2) is 11.6 Å². The second-order valence-electron chi connectivity index (χ2n) is 1.61. The quantitative estimate of drug-likeness (QED) is 0.470. The first-order valence-electron chi connectivity index (χ1n) is 2.88. The second-order valence-corrected chi connectivity index (χ2v) is 1.61. The highest BCUT2D eigenvalue weighted by Crippen LogP contribution is 2.01. The number of rotatable bonds is 3. The molecule has 0 bridgehead atoms. The Morgan fingerprint density at radius 1 is 1.50 bits per heavy atom. The SMILES string of the molecule is COC(OC)=C(C#N)NC(=O)O. The van der Waals surface area contributed by atoms with Crippen molar-refractivity contribution in [3.8, 4) is 6.07 Å². The molecule has 0 spiro atoms. The first-order chi connectivity index (χ1) is 5.65. The van der Waals surface area contributed by atoms with Crippen LogP contribution in [0.5, 0.6) is 0 Å². The first kappa shape index (κ1) is 10.1. The number of allylic oxidation sites excluding steroid dienone is 1. The molecule has 0 aliphatic carbocycles. The molecule has 2 N–H and O–H groups in total. The third-order valence-electron chi connectivity index (χ3n) is 0.919. The average Bonchev–Trinajstić information content (AvgIpc) is 2.04. The van der Waals surface area contributed by atoms with Crippen LogP contribution in [-0.2, 0) is 9.47 Å². The number of nitrogens with zero attached hydrogens (tertiary/aromatic N) is 1. The van der Waals surface area contributed by atoms with E-state index < -0.39 is 6.09 Å². The summed E-state index contributed by atoms with van der Waals surface area (Å²) < 4.78 is 9.12. The van der Waals surface area contributed by atoms with Gasteiger partial charge in [0.25, 0.3) is 0 Å². The molecule has 0 heterocycles. The molecule has 0 atom stereocenters. The fourth-order valence-electron chi connectivity index (χ4n) is 0.519. The zero-order valence-electron chi connectivity index (χ0n) is 6.62. The van der Waals surface area contributed by atoms with Gasteiger partial charge in [-0.3, -0.25) is 5.32 Å². The zero-order valence-corrected chi connectivity index (χ0v) is 6.62. The number of nitriles is 1. The summed E-state index contributed by atoms with van der Waals surface area (Å²) in [5.41, 5.74) is -0.285. The molecule has 0 radical (unpaired) electrons. The van der Waals surface area contributed by atoms with Crippen molar-refractivity contribution in [3.05, 3.63) is 11.6 Å². The molecule has 0 unspecified atom stereocenters. The number of ether oxygens (including phenoxy) is 2. The number of hydrogen-bond acceptors (Lipinski definition) is 4. The molecule has 0 saturated carbocycles. The van der Waals surface area contributed by atoms with Crippen LogP contribution < -0.4 is 5.32 Å². The van der Waals surface area contributed by atoms with Crippen LogP contribution in [0.1, 0.15) is 0 Å².